The molecule has 0 spiro atoms. The molecule has 1 aliphatic carbocycles. The SMILES string of the molecule is NCC1CCCCC1Nc1cccnc1N1CCCC1. The number of hydrogen-bond donors (Lipinski definition) is 2. The third-order valence-corrected chi connectivity index (χ3v) is 4.75. The van der Waals surface area contributed by atoms with Gasteiger partial charge in [-0.05, 0) is 50.3 Å². The van der Waals surface area contributed by atoms with Gasteiger partial charge in [0, 0.05) is 25.3 Å². The Labute approximate surface area is 121 Å². The summed E-state index contributed by atoms with van der Waals surface area (Å²) in [6, 6.07) is 4.71. The summed E-state index contributed by atoms with van der Waals surface area (Å²) in [4.78, 5) is 7.01. The zero-order chi connectivity index (χ0) is 13.8. The van der Waals surface area contributed by atoms with Crippen LogP contribution in [0.15, 0.2) is 18.3 Å². The maximum Gasteiger partial charge on any atom is 0.151 e. The van der Waals surface area contributed by atoms with Gasteiger partial charge in [-0.3, -0.25) is 0 Å². The molecule has 1 aliphatic heterocycles. The number of nitrogens with one attached hydrogen (secondary N) is 1. The Hall–Kier alpha value is -1.29. The number of nitrogens with two attached hydrogens (primary N) is 1. The van der Waals surface area contributed by atoms with E-state index in [-0.39, 0.29) is 0 Å². The highest BCUT2D eigenvalue weighted by molar-refractivity contribution is 5.66. The highest BCUT2D eigenvalue weighted by atomic mass is 15.2. The number of nitrogens with zero attached hydrogens (tertiary/aromatic N) is 2. The average molecular weight is 274 g/mol. The van der Waals surface area contributed by atoms with E-state index in [9.17, 15) is 0 Å². The van der Waals surface area contributed by atoms with Crippen LogP contribution in [-0.2, 0) is 0 Å². The van der Waals surface area contributed by atoms with E-state index in [1.807, 2.05) is 12.3 Å². The monoisotopic (exact) mass is 274 g/mol. The normalized spacial score (nSPS) is 26.8. The second kappa shape index (κ2) is 6.44. The number of aromatic nitrogens is 1. The van der Waals surface area contributed by atoms with Crippen LogP contribution in [0.1, 0.15) is 38.5 Å². The summed E-state index contributed by atoms with van der Waals surface area (Å²) in [6.07, 6.45) is 9.60. The lowest BCUT2D eigenvalue weighted by molar-refractivity contribution is 0.332. The third kappa shape index (κ3) is 2.90. The molecule has 2 aliphatic rings. The van der Waals surface area contributed by atoms with Crippen molar-refractivity contribution in [2.45, 2.75) is 44.6 Å². The molecule has 0 aromatic carbocycles. The molecular weight excluding hydrogens is 248 g/mol. The van der Waals surface area contributed by atoms with Crippen LogP contribution in [0.25, 0.3) is 0 Å². The summed E-state index contributed by atoms with van der Waals surface area (Å²) in [5.41, 5.74) is 7.14. The van der Waals surface area contributed by atoms with Gasteiger partial charge in [-0.15, -0.1) is 0 Å². The zero-order valence-corrected chi connectivity index (χ0v) is 12.2. The lowest BCUT2D eigenvalue weighted by Crippen LogP contribution is -2.37. The Bertz CT molecular complexity index is 428. The van der Waals surface area contributed by atoms with Gasteiger partial charge < -0.3 is 16.0 Å². The Morgan fingerprint density at radius 3 is 2.80 bits per heavy atom. The van der Waals surface area contributed by atoms with Gasteiger partial charge in [0.1, 0.15) is 0 Å². The molecule has 3 N–H and O–H groups in total. The van der Waals surface area contributed by atoms with Gasteiger partial charge >= 0.3 is 0 Å². The maximum absolute atomic E-state index is 5.94. The van der Waals surface area contributed by atoms with Crippen LogP contribution in [0.5, 0.6) is 0 Å². The van der Waals surface area contributed by atoms with Crippen LogP contribution in [-0.4, -0.2) is 30.7 Å². The van der Waals surface area contributed by atoms with Crippen LogP contribution >= 0.6 is 0 Å². The van der Waals surface area contributed by atoms with Gasteiger partial charge in [0.15, 0.2) is 5.82 Å². The fraction of sp³-hybridized carbons (Fsp3) is 0.688. The first-order valence-corrected chi connectivity index (χ1v) is 8.05. The quantitative estimate of drug-likeness (QED) is 0.886. The van der Waals surface area contributed by atoms with Crippen LogP contribution in [0.2, 0.25) is 0 Å². The van der Waals surface area contributed by atoms with E-state index in [4.69, 9.17) is 5.73 Å². The van der Waals surface area contributed by atoms with Gasteiger partial charge in [0.25, 0.3) is 0 Å². The predicted octanol–water partition coefficient (Wildman–Crippen LogP) is 2.61. The van der Waals surface area contributed by atoms with E-state index < -0.39 is 0 Å². The van der Waals surface area contributed by atoms with Crippen molar-refractivity contribution < 1.29 is 0 Å². The van der Waals surface area contributed by atoms with E-state index >= 15 is 0 Å². The number of pyridine rings is 1. The zero-order valence-electron chi connectivity index (χ0n) is 12.2. The fourth-order valence-corrected chi connectivity index (χ4v) is 3.57. The molecule has 0 radical (unpaired) electrons. The minimum Gasteiger partial charge on any atom is -0.379 e. The molecule has 2 atom stereocenters. The fourth-order valence-electron chi connectivity index (χ4n) is 3.57. The molecule has 0 amide bonds. The Balaban J connectivity index is 1.75. The van der Waals surface area contributed by atoms with E-state index in [0.717, 1.165) is 25.5 Å². The Kier molecular flexibility index (Phi) is 4.41. The van der Waals surface area contributed by atoms with Gasteiger partial charge in [-0.1, -0.05) is 12.8 Å². The third-order valence-electron chi connectivity index (χ3n) is 4.75. The summed E-state index contributed by atoms with van der Waals surface area (Å²) >= 11 is 0. The second-order valence-electron chi connectivity index (χ2n) is 6.10. The smallest absolute Gasteiger partial charge is 0.151 e. The Morgan fingerprint density at radius 1 is 1.20 bits per heavy atom. The maximum atomic E-state index is 5.94. The first-order chi connectivity index (χ1) is 9.88. The van der Waals surface area contributed by atoms with Crippen LogP contribution < -0.4 is 16.0 Å². The molecule has 20 heavy (non-hydrogen) atoms. The number of anilines is 2. The molecule has 4 nitrogen and oxygen atoms in total. The van der Waals surface area contributed by atoms with E-state index in [0.29, 0.717) is 12.0 Å². The molecule has 2 heterocycles. The van der Waals surface area contributed by atoms with Crippen molar-refractivity contribution in [3.8, 4) is 0 Å². The summed E-state index contributed by atoms with van der Waals surface area (Å²) in [5, 5.41) is 3.74. The average Bonchev–Trinajstić information content (AvgIpc) is 3.02. The van der Waals surface area contributed by atoms with E-state index in [1.54, 1.807) is 0 Å². The van der Waals surface area contributed by atoms with Gasteiger partial charge in [0.2, 0.25) is 0 Å². The van der Waals surface area contributed by atoms with Crippen molar-refractivity contribution >= 4 is 11.5 Å². The molecular formula is C16H26N4. The molecule has 4 heteroatoms. The highest BCUT2D eigenvalue weighted by Crippen LogP contribution is 2.31. The molecule has 110 valence electrons. The van der Waals surface area contributed by atoms with Gasteiger partial charge in [-0.25, -0.2) is 4.98 Å². The molecule has 2 unspecified atom stereocenters. The molecule has 1 saturated heterocycles. The minimum atomic E-state index is 0.513. The second-order valence-corrected chi connectivity index (χ2v) is 6.10. The van der Waals surface area contributed by atoms with E-state index in [1.165, 1.54) is 44.2 Å². The molecule has 3 rings (SSSR count). The molecule has 1 aromatic rings. The summed E-state index contributed by atoms with van der Waals surface area (Å²) < 4.78 is 0. The van der Waals surface area contributed by atoms with Crippen LogP contribution in [0, 0.1) is 5.92 Å². The number of rotatable bonds is 4. The molecule has 0 bridgehead atoms. The summed E-state index contributed by atoms with van der Waals surface area (Å²) in [6.45, 7) is 3.06. The highest BCUT2D eigenvalue weighted by Gasteiger charge is 2.25. The lowest BCUT2D eigenvalue weighted by Gasteiger charge is -2.33. The molecule has 1 aromatic heterocycles. The summed E-state index contributed by atoms with van der Waals surface area (Å²) in [5.74, 6) is 1.74. The minimum absolute atomic E-state index is 0.513. The molecule has 1 saturated carbocycles. The van der Waals surface area contributed by atoms with Crippen molar-refractivity contribution in [1.82, 2.24) is 4.98 Å². The Morgan fingerprint density at radius 2 is 2.00 bits per heavy atom. The first-order valence-electron chi connectivity index (χ1n) is 8.05. The van der Waals surface area contributed by atoms with Gasteiger partial charge in [0.05, 0.1) is 5.69 Å². The van der Waals surface area contributed by atoms with Crippen molar-refractivity contribution in [3.05, 3.63) is 18.3 Å². The number of hydrogen-bond acceptors (Lipinski definition) is 4. The standard InChI is InChI=1S/C16H26N4/c17-12-13-6-1-2-7-14(13)19-15-8-5-9-18-16(15)20-10-3-4-11-20/h5,8-9,13-14,19H,1-4,6-7,10-12,17H2. The topological polar surface area (TPSA) is 54.2 Å². The first kappa shape index (κ1) is 13.7. The largest absolute Gasteiger partial charge is 0.379 e. The molecule has 2 fully saturated rings. The lowest BCUT2D eigenvalue weighted by atomic mass is 9.84. The van der Waals surface area contributed by atoms with Crippen LogP contribution in [0.4, 0.5) is 11.5 Å². The van der Waals surface area contributed by atoms with Crippen molar-refractivity contribution in [2.24, 2.45) is 11.7 Å². The van der Waals surface area contributed by atoms with Crippen molar-refractivity contribution in [1.29, 1.82) is 0 Å². The van der Waals surface area contributed by atoms with Crippen molar-refractivity contribution in [2.75, 3.05) is 29.9 Å². The van der Waals surface area contributed by atoms with Crippen molar-refractivity contribution in [3.63, 3.8) is 0 Å². The van der Waals surface area contributed by atoms with Crippen LogP contribution in [0.3, 0.4) is 0 Å². The summed E-state index contributed by atoms with van der Waals surface area (Å²) in [7, 11) is 0. The predicted molar refractivity (Wildman–Crippen MR) is 84.1 cm³/mol. The van der Waals surface area contributed by atoms with E-state index in [2.05, 4.69) is 21.3 Å². The van der Waals surface area contributed by atoms with Gasteiger partial charge in [-0.2, -0.15) is 0 Å².